The van der Waals surface area contributed by atoms with E-state index in [4.69, 9.17) is 9.47 Å². The number of nitrogens with one attached hydrogen (secondary N) is 2. The first kappa shape index (κ1) is 20.9. The van der Waals surface area contributed by atoms with Gasteiger partial charge in [-0.2, -0.15) is 0 Å². The monoisotopic (exact) mass is 405 g/mol. The Morgan fingerprint density at radius 2 is 1.13 bits per heavy atom. The molecule has 0 atom stereocenters. The Balaban J connectivity index is 1.61. The minimum atomic E-state index is -0.232. The molecule has 30 heavy (non-hydrogen) atoms. The van der Waals surface area contributed by atoms with Crippen LogP contribution in [0.4, 0.5) is 11.6 Å². The molecule has 1 heterocycles. The summed E-state index contributed by atoms with van der Waals surface area (Å²) in [5.74, 6) is 1.54. The molecule has 0 aliphatic heterocycles. The Morgan fingerprint density at radius 1 is 0.700 bits per heavy atom. The van der Waals surface area contributed by atoms with E-state index in [0.717, 1.165) is 11.1 Å². The highest BCUT2D eigenvalue weighted by atomic mass is 16.5. The van der Waals surface area contributed by atoms with Gasteiger partial charge in [0.05, 0.1) is 27.1 Å². The molecule has 7 heteroatoms. The van der Waals surface area contributed by atoms with Crippen molar-refractivity contribution >= 4 is 23.5 Å². The molecule has 0 spiro atoms. The van der Waals surface area contributed by atoms with Crippen LogP contribution in [0.2, 0.25) is 0 Å². The molecule has 2 aromatic carbocycles. The molecule has 2 amide bonds. The van der Waals surface area contributed by atoms with Gasteiger partial charge < -0.3 is 20.1 Å². The van der Waals surface area contributed by atoms with Crippen LogP contribution in [0.1, 0.15) is 11.1 Å². The number of anilines is 2. The fourth-order valence-electron chi connectivity index (χ4n) is 2.99. The molecule has 0 aliphatic rings. The van der Waals surface area contributed by atoms with Gasteiger partial charge in [0.25, 0.3) is 0 Å². The molecule has 3 aromatic rings. The predicted octanol–water partition coefficient (Wildman–Crippen LogP) is 3.46. The molecule has 7 nitrogen and oxygen atoms in total. The third-order valence-electron chi connectivity index (χ3n) is 4.37. The first-order valence-electron chi connectivity index (χ1n) is 9.39. The molecule has 0 saturated carbocycles. The van der Waals surface area contributed by atoms with Crippen LogP contribution in [0, 0.1) is 0 Å². The first-order chi connectivity index (χ1) is 14.6. The third-order valence-corrected chi connectivity index (χ3v) is 4.37. The molecular weight excluding hydrogens is 382 g/mol. The normalized spacial score (nSPS) is 10.2. The second-order valence-electron chi connectivity index (χ2n) is 6.48. The Bertz CT molecular complexity index is 957. The summed E-state index contributed by atoms with van der Waals surface area (Å²) in [6.45, 7) is 0. The van der Waals surface area contributed by atoms with E-state index in [1.165, 1.54) is 0 Å². The second-order valence-corrected chi connectivity index (χ2v) is 6.48. The standard InChI is InChI=1S/C23H23N3O4/c1-29-18-10-5-3-8-16(18)14-22(27)25-20-12-7-13-21(24-20)26-23(28)15-17-9-4-6-11-19(17)30-2/h3-13H,14-15H2,1-2H3,(H2,24,25,26,27,28). The zero-order chi connectivity index (χ0) is 21.3. The van der Waals surface area contributed by atoms with Gasteiger partial charge in [-0.15, -0.1) is 0 Å². The van der Waals surface area contributed by atoms with E-state index >= 15 is 0 Å². The molecule has 3 rings (SSSR count). The van der Waals surface area contributed by atoms with Crippen LogP contribution in [0.15, 0.2) is 66.7 Å². The van der Waals surface area contributed by atoms with Crippen molar-refractivity contribution in [2.75, 3.05) is 24.9 Å². The third kappa shape index (κ3) is 5.57. The highest BCUT2D eigenvalue weighted by Crippen LogP contribution is 2.20. The molecule has 0 saturated heterocycles. The molecule has 1 aromatic heterocycles. The summed E-state index contributed by atoms with van der Waals surface area (Å²) in [7, 11) is 3.13. The molecule has 2 N–H and O–H groups in total. The highest BCUT2D eigenvalue weighted by Gasteiger charge is 2.11. The van der Waals surface area contributed by atoms with Crippen molar-refractivity contribution in [2.24, 2.45) is 0 Å². The minimum absolute atomic E-state index is 0.149. The van der Waals surface area contributed by atoms with E-state index in [1.807, 2.05) is 36.4 Å². The lowest BCUT2D eigenvalue weighted by Gasteiger charge is -2.10. The van der Waals surface area contributed by atoms with Gasteiger partial charge in [-0.1, -0.05) is 42.5 Å². The van der Waals surface area contributed by atoms with Gasteiger partial charge in [-0.05, 0) is 24.3 Å². The van der Waals surface area contributed by atoms with Gasteiger partial charge in [0.15, 0.2) is 0 Å². The number of pyridine rings is 1. The number of hydrogen-bond donors (Lipinski definition) is 2. The first-order valence-corrected chi connectivity index (χ1v) is 9.39. The number of ether oxygens (including phenoxy) is 2. The number of aromatic nitrogens is 1. The van der Waals surface area contributed by atoms with Crippen molar-refractivity contribution in [2.45, 2.75) is 12.8 Å². The van der Waals surface area contributed by atoms with Crippen LogP contribution < -0.4 is 20.1 Å². The number of methoxy groups -OCH3 is 2. The smallest absolute Gasteiger partial charge is 0.230 e. The number of carbonyl (C=O) groups is 2. The molecule has 0 radical (unpaired) electrons. The molecule has 0 bridgehead atoms. The molecule has 154 valence electrons. The molecule has 0 aliphatic carbocycles. The Morgan fingerprint density at radius 3 is 1.57 bits per heavy atom. The van der Waals surface area contributed by atoms with E-state index in [-0.39, 0.29) is 24.7 Å². The van der Waals surface area contributed by atoms with Gasteiger partial charge in [-0.25, -0.2) is 4.98 Å². The molecule has 0 unspecified atom stereocenters. The number of nitrogens with zero attached hydrogens (tertiary/aromatic N) is 1. The summed E-state index contributed by atoms with van der Waals surface area (Å²) in [6, 6.07) is 19.7. The maximum atomic E-state index is 12.4. The number of amides is 2. The Hall–Kier alpha value is -3.87. The number of hydrogen-bond acceptors (Lipinski definition) is 5. The number of rotatable bonds is 8. The van der Waals surface area contributed by atoms with E-state index in [2.05, 4.69) is 15.6 Å². The van der Waals surface area contributed by atoms with Gasteiger partial charge in [0.2, 0.25) is 11.8 Å². The fraction of sp³-hybridized carbons (Fsp3) is 0.174. The maximum Gasteiger partial charge on any atom is 0.230 e. The number of benzene rings is 2. The fourth-order valence-corrected chi connectivity index (χ4v) is 2.99. The lowest BCUT2D eigenvalue weighted by Crippen LogP contribution is -2.18. The average Bonchev–Trinajstić information content (AvgIpc) is 2.74. The van der Waals surface area contributed by atoms with Crippen LogP contribution >= 0.6 is 0 Å². The minimum Gasteiger partial charge on any atom is -0.496 e. The Labute approximate surface area is 175 Å². The van der Waals surface area contributed by atoms with Crippen LogP contribution in [-0.2, 0) is 22.4 Å². The van der Waals surface area contributed by atoms with Crippen LogP contribution in [0.3, 0.4) is 0 Å². The summed E-state index contributed by atoms with van der Waals surface area (Å²) in [6.07, 6.45) is 0.298. The number of para-hydroxylation sites is 2. The van der Waals surface area contributed by atoms with Crippen molar-refractivity contribution in [3.05, 3.63) is 77.9 Å². The van der Waals surface area contributed by atoms with Gasteiger partial charge in [0.1, 0.15) is 23.1 Å². The van der Waals surface area contributed by atoms with Crippen LogP contribution in [0.25, 0.3) is 0 Å². The largest absolute Gasteiger partial charge is 0.496 e. The summed E-state index contributed by atoms with van der Waals surface area (Å²) < 4.78 is 10.5. The highest BCUT2D eigenvalue weighted by molar-refractivity contribution is 5.93. The van der Waals surface area contributed by atoms with Gasteiger partial charge in [0, 0.05) is 11.1 Å². The lowest BCUT2D eigenvalue weighted by atomic mass is 10.1. The summed E-state index contributed by atoms with van der Waals surface area (Å²) in [4.78, 5) is 29.1. The quantitative estimate of drug-likeness (QED) is 0.599. The zero-order valence-corrected chi connectivity index (χ0v) is 16.8. The molecular formula is C23H23N3O4. The molecule has 0 fully saturated rings. The predicted molar refractivity (Wildman–Crippen MR) is 115 cm³/mol. The van der Waals surface area contributed by atoms with Crippen molar-refractivity contribution in [3.8, 4) is 11.5 Å². The van der Waals surface area contributed by atoms with Crippen LogP contribution in [0.5, 0.6) is 11.5 Å². The van der Waals surface area contributed by atoms with E-state index in [0.29, 0.717) is 23.1 Å². The summed E-state index contributed by atoms with van der Waals surface area (Å²) >= 11 is 0. The van der Waals surface area contributed by atoms with E-state index in [1.54, 1.807) is 44.6 Å². The Kier molecular flexibility index (Phi) is 7.00. The van der Waals surface area contributed by atoms with Crippen molar-refractivity contribution in [1.82, 2.24) is 4.98 Å². The maximum absolute atomic E-state index is 12.4. The average molecular weight is 405 g/mol. The summed E-state index contributed by atoms with van der Waals surface area (Å²) in [5.41, 5.74) is 1.55. The van der Waals surface area contributed by atoms with Crippen molar-refractivity contribution in [1.29, 1.82) is 0 Å². The zero-order valence-electron chi connectivity index (χ0n) is 16.8. The van der Waals surface area contributed by atoms with E-state index < -0.39 is 0 Å². The SMILES string of the molecule is COc1ccccc1CC(=O)Nc1cccc(NC(=O)Cc2ccccc2OC)n1. The topological polar surface area (TPSA) is 89.6 Å². The summed E-state index contributed by atoms with van der Waals surface area (Å²) in [5, 5.41) is 5.49. The number of carbonyl (C=O) groups excluding carboxylic acids is 2. The van der Waals surface area contributed by atoms with Gasteiger partial charge in [-0.3, -0.25) is 9.59 Å². The second kappa shape index (κ2) is 10.1. The van der Waals surface area contributed by atoms with E-state index in [9.17, 15) is 9.59 Å². The van der Waals surface area contributed by atoms with Gasteiger partial charge >= 0.3 is 0 Å². The van der Waals surface area contributed by atoms with Crippen molar-refractivity contribution in [3.63, 3.8) is 0 Å². The lowest BCUT2D eigenvalue weighted by molar-refractivity contribution is -0.116. The van der Waals surface area contributed by atoms with Crippen LogP contribution in [-0.4, -0.2) is 31.0 Å². The van der Waals surface area contributed by atoms with Crippen molar-refractivity contribution < 1.29 is 19.1 Å².